The monoisotopic (exact) mass is 306 g/mol. The average molecular weight is 306 g/mol. The van der Waals surface area contributed by atoms with Crippen molar-refractivity contribution in [3.05, 3.63) is 17.0 Å². The normalized spacial score (nSPS) is 22.1. The van der Waals surface area contributed by atoms with Crippen LogP contribution in [0.1, 0.15) is 50.6 Å². The van der Waals surface area contributed by atoms with Crippen molar-refractivity contribution in [2.75, 3.05) is 6.54 Å². The number of hydrogen-bond donors (Lipinski definition) is 2. The maximum Gasteiger partial charge on any atom is 0.224 e. The third-order valence-corrected chi connectivity index (χ3v) is 4.40. The van der Waals surface area contributed by atoms with Crippen molar-refractivity contribution < 1.29 is 4.79 Å². The Labute approximate surface area is 133 Å². The first-order valence-corrected chi connectivity index (χ1v) is 8.42. The number of nitrogens with one attached hydrogen (secondary N) is 2. The predicted octanol–water partition coefficient (Wildman–Crippen LogP) is 1.96. The Hall–Kier alpha value is -1.36. The number of aryl methyl sites for hydroxylation is 1. The smallest absolute Gasteiger partial charge is 0.224 e. The van der Waals surface area contributed by atoms with Crippen molar-refractivity contribution in [2.45, 2.75) is 72.5 Å². The van der Waals surface area contributed by atoms with Crippen molar-refractivity contribution in [2.24, 2.45) is 5.92 Å². The molecule has 2 heterocycles. The van der Waals surface area contributed by atoms with Gasteiger partial charge in [0.15, 0.2) is 0 Å². The highest BCUT2D eigenvalue weighted by Crippen LogP contribution is 2.16. The Balaban J connectivity index is 1.97. The third kappa shape index (κ3) is 4.32. The fourth-order valence-electron chi connectivity index (χ4n) is 3.22. The molecule has 1 aromatic rings. The molecule has 2 atom stereocenters. The summed E-state index contributed by atoms with van der Waals surface area (Å²) < 4.78 is 2.04. The summed E-state index contributed by atoms with van der Waals surface area (Å²) in [5, 5.41) is 11.2. The lowest BCUT2D eigenvalue weighted by Crippen LogP contribution is -2.47. The molecule has 0 spiro atoms. The van der Waals surface area contributed by atoms with E-state index in [1.165, 1.54) is 0 Å². The minimum Gasteiger partial charge on any atom is -0.353 e. The molecule has 1 saturated heterocycles. The van der Waals surface area contributed by atoms with Crippen LogP contribution < -0.4 is 10.6 Å². The van der Waals surface area contributed by atoms with Crippen LogP contribution >= 0.6 is 0 Å². The van der Waals surface area contributed by atoms with Crippen LogP contribution in [0.2, 0.25) is 0 Å². The first-order chi connectivity index (χ1) is 10.4. The minimum atomic E-state index is 0.120. The minimum absolute atomic E-state index is 0.120. The van der Waals surface area contributed by atoms with E-state index < -0.39 is 0 Å². The molecule has 1 aromatic heterocycles. The van der Waals surface area contributed by atoms with Gasteiger partial charge in [0.2, 0.25) is 5.91 Å². The zero-order valence-electron chi connectivity index (χ0n) is 14.6. The first kappa shape index (κ1) is 17.0. The molecule has 1 amide bonds. The molecule has 5 nitrogen and oxygen atoms in total. The Morgan fingerprint density at radius 3 is 2.82 bits per heavy atom. The van der Waals surface area contributed by atoms with Crippen molar-refractivity contribution >= 4 is 5.91 Å². The molecule has 2 unspecified atom stereocenters. The summed E-state index contributed by atoms with van der Waals surface area (Å²) in [5.74, 6) is 0.672. The van der Waals surface area contributed by atoms with Gasteiger partial charge >= 0.3 is 0 Å². The lowest BCUT2D eigenvalue weighted by Gasteiger charge is -2.28. The van der Waals surface area contributed by atoms with Gasteiger partial charge in [0.1, 0.15) is 0 Å². The van der Waals surface area contributed by atoms with E-state index >= 15 is 0 Å². The lowest BCUT2D eigenvalue weighted by molar-refractivity contribution is -0.121. The van der Waals surface area contributed by atoms with E-state index in [1.54, 1.807) is 0 Å². The van der Waals surface area contributed by atoms with E-state index in [2.05, 4.69) is 43.4 Å². The van der Waals surface area contributed by atoms with E-state index in [0.29, 0.717) is 24.4 Å². The largest absolute Gasteiger partial charge is 0.353 e. The van der Waals surface area contributed by atoms with E-state index in [9.17, 15) is 4.79 Å². The number of carbonyl (C=O) groups is 1. The number of aromatic nitrogens is 2. The van der Waals surface area contributed by atoms with Gasteiger partial charge in [-0.2, -0.15) is 5.10 Å². The van der Waals surface area contributed by atoms with Crippen molar-refractivity contribution in [1.29, 1.82) is 0 Å². The van der Waals surface area contributed by atoms with Gasteiger partial charge in [-0.25, -0.2) is 0 Å². The summed E-state index contributed by atoms with van der Waals surface area (Å²) in [7, 11) is 0. The number of nitrogens with zero attached hydrogens (tertiary/aromatic N) is 2. The second-order valence-corrected chi connectivity index (χ2v) is 7.05. The van der Waals surface area contributed by atoms with E-state index in [4.69, 9.17) is 0 Å². The van der Waals surface area contributed by atoms with Crippen LogP contribution in [-0.2, 0) is 17.8 Å². The molecule has 0 aromatic carbocycles. The summed E-state index contributed by atoms with van der Waals surface area (Å²) in [4.78, 5) is 12.4. The van der Waals surface area contributed by atoms with Crippen LogP contribution in [0.4, 0.5) is 0 Å². The maximum atomic E-state index is 12.4. The highest BCUT2D eigenvalue weighted by molar-refractivity contribution is 5.79. The van der Waals surface area contributed by atoms with Crippen molar-refractivity contribution in [1.82, 2.24) is 20.4 Å². The highest BCUT2D eigenvalue weighted by Gasteiger charge is 2.21. The molecular formula is C17H30N4O. The van der Waals surface area contributed by atoms with E-state index in [0.717, 1.165) is 42.9 Å². The third-order valence-electron chi connectivity index (χ3n) is 4.40. The molecule has 1 aliphatic heterocycles. The molecule has 1 fully saturated rings. The fourth-order valence-corrected chi connectivity index (χ4v) is 3.22. The van der Waals surface area contributed by atoms with Crippen LogP contribution in [0, 0.1) is 19.8 Å². The molecule has 0 bridgehead atoms. The lowest BCUT2D eigenvalue weighted by atomic mass is 10.00. The molecule has 0 aliphatic carbocycles. The number of piperidine rings is 1. The molecule has 0 saturated carbocycles. The van der Waals surface area contributed by atoms with Gasteiger partial charge in [-0.1, -0.05) is 13.8 Å². The highest BCUT2D eigenvalue weighted by atomic mass is 16.1. The SMILES string of the molecule is Cc1nn(CC(C)C)c(C)c1CC(=O)NC1CCNC(C)C1. The summed E-state index contributed by atoms with van der Waals surface area (Å²) in [6.07, 6.45) is 2.46. The van der Waals surface area contributed by atoms with Crippen LogP contribution in [-0.4, -0.2) is 34.3 Å². The van der Waals surface area contributed by atoms with Crippen LogP contribution in [0.3, 0.4) is 0 Å². The van der Waals surface area contributed by atoms with Crippen molar-refractivity contribution in [3.8, 4) is 0 Å². The van der Waals surface area contributed by atoms with Gasteiger partial charge in [-0.05, 0) is 46.1 Å². The zero-order chi connectivity index (χ0) is 16.3. The summed E-state index contributed by atoms with van der Waals surface area (Å²) in [5.41, 5.74) is 3.19. The van der Waals surface area contributed by atoms with Gasteiger partial charge in [0.05, 0.1) is 12.1 Å². The molecule has 124 valence electrons. The first-order valence-electron chi connectivity index (χ1n) is 8.42. The zero-order valence-corrected chi connectivity index (χ0v) is 14.6. The number of rotatable bonds is 5. The fraction of sp³-hybridized carbons (Fsp3) is 0.765. The second kappa shape index (κ2) is 7.27. The Morgan fingerprint density at radius 1 is 1.45 bits per heavy atom. The maximum absolute atomic E-state index is 12.4. The standard InChI is InChI=1S/C17H30N4O/c1-11(2)10-21-14(5)16(13(4)20-21)9-17(22)19-15-6-7-18-12(3)8-15/h11-12,15,18H,6-10H2,1-5H3,(H,19,22). The van der Waals surface area contributed by atoms with Crippen molar-refractivity contribution in [3.63, 3.8) is 0 Å². The van der Waals surface area contributed by atoms with Gasteiger partial charge in [0.25, 0.3) is 0 Å². The molecule has 5 heteroatoms. The van der Waals surface area contributed by atoms with Gasteiger partial charge < -0.3 is 10.6 Å². The topological polar surface area (TPSA) is 59.0 Å². The Morgan fingerprint density at radius 2 is 2.18 bits per heavy atom. The summed E-state index contributed by atoms with van der Waals surface area (Å²) >= 11 is 0. The molecule has 0 radical (unpaired) electrons. The average Bonchev–Trinajstić information content (AvgIpc) is 2.66. The quantitative estimate of drug-likeness (QED) is 0.874. The van der Waals surface area contributed by atoms with Gasteiger partial charge in [-0.3, -0.25) is 9.48 Å². The summed E-state index contributed by atoms with van der Waals surface area (Å²) in [6, 6.07) is 0.784. The molecule has 2 N–H and O–H groups in total. The van der Waals surface area contributed by atoms with E-state index in [1.807, 2.05) is 11.6 Å². The van der Waals surface area contributed by atoms with Gasteiger partial charge in [0, 0.05) is 29.9 Å². The Bertz CT molecular complexity index is 521. The number of amides is 1. The van der Waals surface area contributed by atoms with Crippen LogP contribution in [0.15, 0.2) is 0 Å². The number of hydrogen-bond acceptors (Lipinski definition) is 3. The Kier molecular flexibility index (Phi) is 5.62. The molecule has 1 aliphatic rings. The number of carbonyl (C=O) groups excluding carboxylic acids is 1. The van der Waals surface area contributed by atoms with E-state index in [-0.39, 0.29) is 5.91 Å². The molecule has 22 heavy (non-hydrogen) atoms. The second-order valence-electron chi connectivity index (χ2n) is 7.05. The molecular weight excluding hydrogens is 276 g/mol. The van der Waals surface area contributed by atoms with Crippen LogP contribution in [0.5, 0.6) is 0 Å². The summed E-state index contributed by atoms with van der Waals surface area (Å²) in [6.45, 7) is 12.5. The van der Waals surface area contributed by atoms with Gasteiger partial charge in [-0.15, -0.1) is 0 Å². The molecule has 2 rings (SSSR count). The van der Waals surface area contributed by atoms with Crippen LogP contribution in [0.25, 0.3) is 0 Å². The predicted molar refractivity (Wildman–Crippen MR) is 88.9 cm³/mol.